The molecule has 3 aliphatic rings. The minimum atomic E-state index is -0.985. The van der Waals surface area contributed by atoms with Crippen molar-refractivity contribution in [2.75, 3.05) is 26.8 Å². The molecule has 3 heterocycles. The Kier molecular flexibility index (Phi) is 7.19. The van der Waals surface area contributed by atoms with Crippen molar-refractivity contribution in [3.63, 3.8) is 0 Å². The number of aliphatic hydroxyl groups is 1. The molecule has 1 aliphatic carbocycles. The van der Waals surface area contributed by atoms with Gasteiger partial charge < -0.3 is 30.4 Å². The van der Waals surface area contributed by atoms with Gasteiger partial charge in [0.05, 0.1) is 13.2 Å². The smallest absolute Gasteiger partial charge is 0.271 e. The number of methoxy groups -OCH3 is 1. The Bertz CT molecular complexity index is 1210. The van der Waals surface area contributed by atoms with Gasteiger partial charge in [0, 0.05) is 29.9 Å². The van der Waals surface area contributed by atoms with E-state index in [2.05, 4.69) is 15.6 Å². The number of aromatic amines is 1. The Morgan fingerprint density at radius 2 is 2.05 bits per heavy atom. The minimum absolute atomic E-state index is 0.00530. The molecule has 10 nitrogen and oxygen atoms in total. The lowest BCUT2D eigenvalue weighted by atomic mass is 9.89. The van der Waals surface area contributed by atoms with Crippen LogP contribution < -0.4 is 15.4 Å². The Morgan fingerprint density at radius 3 is 2.81 bits per heavy atom. The fourth-order valence-corrected chi connectivity index (χ4v) is 6.41. The lowest BCUT2D eigenvalue weighted by Gasteiger charge is -2.30. The molecule has 2 saturated heterocycles. The van der Waals surface area contributed by atoms with Gasteiger partial charge in [-0.05, 0) is 62.1 Å². The zero-order valence-electron chi connectivity index (χ0n) is 21.0. The summed E-state index contributed by atoms with van der Waals surface area (Å²) in [6, 6.07) is 5.58. The number of likely N-dealkylation sites (tertiary alicyclic amines) is 1. The molecular weight excluding hydrogens is 476 g/mol. The summed E-state index contributed by atoms with van der Waals surface area (Å²) in [5.41, 5.74) is 1.14. The van der Waals surface area contributed by atoms with E-state index in [4.69, 9.17) is 4.74 Å². The summed E-state index contributed by atoms with van der Waals surface area (Å²) in [7, 11) is 1.58. The van der Waals surface area contributed by atoms with Crippen LogP contribution in [0.2, 0.25) is 0 Å². The van der Waals surface area contributed by atoms with Crippen LogP contribution in [0, 0.1) is 17.8 Å². The number of nitrogens with one attached hydrogen (secondary N) is 3. The summed E-state index contributed by atoms with van der Waals surface area (Å²) < 4.78 is 5.42. The van der Waals surface area contributed by atoms with Crippen molar-refractivity contribution in [3.8, 4) is 5.75 Å². The van der Waals surface area contributed by atoms with E-state index in [1.807, 2.05) is 18.2 Å². The van der Waals surface area contributed by atoms with Gasteiger partial charge >= 0.3 is 0 Å². The maximum absolute atomic E-state index is 13.7. The number of rotatable bonds is 8. The number of H-pyrrole nitrogens is 1. The third kappa shape index (κ3) is 4.82. The fourth-order valence-electron chi connectivity index (χ4n) is 6.41. The number of ether oxygens (including phenoxy) is 1. The number of carbonyl (C=O) groups excluding carboxylic acids is 4. The molecule has 37 heavy (non-hydrogen) atoms. The molecule has 5 atom stereocenters. The lowest BCUT2D eigenvalue weighted by molar-refractivity contribution is -0.134. The number of ketones is 1. The number of piperidine rings is 1. The van der Waals surface area contributed by atoms with E-state index < -0.39 is 36.3 Å². The molecule has 0 unspecified atom stereocenters. The van der Waals surface area contributed by atoms with Gasteiger partial charge in [-0.25, -0.2) is 0 Å². The van der Waals surface area contributed by atoms with Crippen molar-refractivity contribution in [1.82, 2.24) is 20.5 Å². The van der Waals surface area contributed by atoms with Crippen molar-refractivity contribution in [3.05, 3.63) is 30.0 Å². The molecule has 2 aromatic rings. The van der Waals surface area contributed by atoms with Crippen LogP contribution in [-0.2, 0) is 14.4 Å². The standard InChI is InChI=1S/C27H34N4O6/c1-37-23-9-3-8-19-18(23)12-21(29-19)27(36)31-13-16-5-2-7-17(16)24(31)26(35)30-20(22(33)14-32)11-15-6-4-10-28-25(15)34/h3,8-9,12,15-17,20,24,29,32H,2,4-7,10-11,13-14H2,1H3,(H,28,34)(H,30,35)/t15-,16-,17-,20-,24-/m0/s1. The van der Waals surface area contributed by atoms with Crippen LogP contribution in [0.25, 0.3) is 10.9 Å². The average Bonchev–Trinajstić information content (AvgIpc) is 3.62. The van der Waals surface area contributed by atoms with E-state index >= 15 is 0 Å². The first-order chi connectivity index (χ1) is 17.9. The highest BCUT2D eigenvalue weighted by Crippen LogP contribution is 2.43. The zero-order chi connectivity index (χ0) is 26.1. The zero-order valence-corrected chi connectivity index (χ0v) is 21.0. The maximum atomic E-state index is 13.7. The molecule has 5 rings (SSSR count). The Labute approximate surface area is 215 Å². The molecule has 1 saturated carbocycles. The van der Waals surface area contributed by atoms with Gasteiger partial charge in [-0.15, -0.1) is 0 Å². The Balaban J connectivity index is 1.38. The summed E-state index contributed by atoms with van der Waals surface area (Å²) >= 11 is 0. The summed E-state index contributed by atoms with van der Waals surface area (Å²) in [5, 5.41) is 16.0. The highest BCUT2D eigenvalue weighted by Gasteiger charge is 2.50. The van der Waals surface area contributed by atoms with Gasteiger partial charge in [0.2, 0.25) is 11.8 Å². The minimum Gasteiger partial charge on any atom is -0.496 e. The largest absolute Gasteiger partial charge is 0.496 e. The second kappa shape index (κ2) is 10.5. The first-order valence-corrected chi connectivity index (χ1v) is 13.1. The predicted molar refractivity (Wildman–Crippen MR) is 135 cm³/mol. The van der Waals surface area contributed by atoms with Crippen molar-refractivity contribution < 1.29 is 29.0 Å². The van der Waals surface area contributed by atoms with Gasteiger partial charge in [0.15, 0.2) is 5.78 Å². The molecule has 198 valence electrons. The Hall–Kier alpha value is -3.40. The molecule has 10 heteroatoms. The first-order valence-electron chi connectivity index (χ1n) is 13.1. The quantitative estimate of drug-likeness (QED) is 0.423. The van der Waals surface area contributed by atoms with E-state index in [-0.39, 0.29) is 30.1 Å². The number of hydrogen-bond donors (Lipinski definition) is 4. The topological polar surface area (TPSA) is 141 Å². The van der Waals surface area contributed by atoms with Crippen LogP contribution in [0.3, 0.4) is 0 Å². The summed E-state index contributed by atoms with van der Waals surface area (Å²) in [5.74, 6) is -0.884. The molecule has 0 spiro atoms. The van der Waals surface area contributed by atoms with Gasteiger partial charge in [0.1, 0.15) is 24.1 Å². The summed E-state index contributed by atoms with van der Waals surface area (Å²) in [6.45, 7) is 0.343. The molecule has 1 aromatic heterocycles. The number of benzene rings is 1. The number of hydrogen-bond acceptors (Lipinski definition) is 6. The number of amides is 3. The van der Waals surface area contributed by atoms with Crippen molar-refractivity contribution in [2.45, 2.75) is 50.6 Å². The number of carbonyl (C=O) groups is 4. The third-order valence-corrected chi connectivity index (χ3v) is 8.27. The van der Waals surface area contributed by atoms with Gasteiger partial charge in [-0.1, -0.05) is 12.5 Å². The molecule has 0 radical (unpaired) electrons. The van der Waals surface area contributed by atoms with Gasteiger partial charge in [-0.3, -0.25) is 19.2 Å². The second-order valence-corrected chi connectivity index (χ2v) is 10.4. The van der Waals surface area contributed by atoms with E-state index in [0.717, 1.165) is 36.6 Å². The van der Waals surface area contributed by atoms with E-state index in [0.29, 0.717) is 31.0 Å². The highest BCUT2D eigenvalue weighted by atomic mass is 16.5. The summed E-state index contributed by atoms with van der Waals surface area (Å²) in [6.07, 6.45) is 4.32. The maximum Gasteiger partial charge on any atom is 0.271 e. The van der Waals surface area contributed by atoms with Crippen LogP contribution in [0.5, 0.6) is 5.75 Å². The molecule has 1 aromatic carbocycles. The first kappa shape index (κ1) is 25.3. The molecule has 3 fully saturated rings. The Morgan fingerprint density at radius 1 is 1.22 bits per heavy atom. The van der Waals surface area contributed by atoms with Crippen molar-refractivity contribution in [1.29, 1.82) is 0 Å². The van der Waals surface area contributed by atoms with Crippen LogP contribution in [0.4, 0.5) is 0 Å². The number of aromatic nitrogens is 1. The van der Waals surface area contributed by atoms with Gasteiger partial charge in [0.25, 0.3) is 5.91 Å². The van der Waals surface area contributed by atoms with Crippen LogP contribution in [0.15, 0.2) is 24.3 Å². The highest BCUT2D eigenvalue weighted by molar-refractivity contribution is 6.02. The predicted octanol–water partition coefficient (Wildman–Crippen LogP) is 1.38. The van der Waals surface area contributed by atoms with Gasteiger partial charge in [-0.2, -0.15) is 0 Å². The van der Waals surface area contributed by atoms with Crippen molar-refractivity contribution >= 4 is 34.4 Å². The molecular formula is C27H34N4O6. The fraction of sp³-hybridized carbons (Fsp3) is 0.556. The van der Waals surface area contributed by atoms with E-state index in [9.17, 15) is 24.3 Å². The third-order valence-electron chi connectivity index (χ3n) is 8.27. The summed E-state index contributed by atoms with van der Waals surface area (Å²) in [4.78, 5) is 57.0. The number of nitrogens with zero attached hydrogens (tertiary/aromatic N) is 1. The van der Waals surface area contributed by atoms with E-state index in [1.54, 1.807) is 18.1 Å². The molecule has 0 bridgehead atoms. The van der Waals surface area contributed by atoms with Crippen molar-refractivity contribution in [2.24, 2.45) is 17.8 Å². The molecule has 2 aliphatic heterocycles. The lowest BCUT2D eigenvalue weighted by Crippen LogP contribution is -2.54. The SMILES string of the molecule is COc1cccc2[nH]c(C(=O)N3C[C@@H]4CCC[C@@H]4[C@H]3C(=O)N[C@@H](C[C@@H]3CCCNC3=O)C(=O)CO)cc12. The van der Waals surface area contributed by atoms with Crippen LogP contribution in [0.1, 0.15) is 49.0 Å². The number of fused-ring (bicyclic) bond motifs is 2. The van der Waals surface area contributed by atoms with Crippen LogP contribution >= 0.6 is 0 Å². The molecule has 3 amide bonds. The second-order valence-electron chi connectivity index (χ2n) is 10.4. The number of aliphatic hydroxyl groups excluding tert-OH is 1. The normalized spacial score (nSPS) is 26.0. The monoisotopic (exact) mass is 510 g/mol. The van der Waals surface area contributed by atoms with Crippen LogP contribution in [-0.4, -0.2) is 77.4 Å². The van der Waals surface area contributed by atoms with E-state index in [1.165, 1.54) is 0 Å². The average molecular weight is 511 g/mol. The molecule has 4 N–H and O–H groups in total. The number of Topliss-reactive ketones (excluding diaryl/α,β-unsaturated/α-hetero) is 1.